The van der Waals surface area contributed by atoms with Gasteiger partial charge in [-0.25, -0.2) is 14.6 Å². The SMILES string of the molecule is CC(C)CC(NC(=O)CCC(C=N)N(N)CCCCc1ccccc1)C(=O)NC(Cc1cnc[nH]1)C(=O)NC(CO)C(=O)NC(C(N)=O)C(C)OP(=O)(O)O. The first-order valence-corrected chi connectivity index (χ1v) is 19.3. The fraction of sp³-hybridized carbons (Fsp3) is 0.559. The fourth-order valence-corrected chi connectivity index (χ4v) is 6.10. The lowest BCUT2D eigenvalue weighted by atomic mass is 10.0. The number of aliphatic hydroxyl groups is 1. The zero-order chi connectivity index (χ0) is 41.1. The summed E-state index contributed by atoms with van der Waals surface area (Å²) in [5.41, 5.74) is 6.91. The molecule has 0 aliphatic rings. The van der Waals surface area contributed by atoms with Crippen molar-refractivity contribution in [1.29, 1.82) is 5.41 Å². The van der Waals surface area contributed by atoms with E-state index in [0.29, 0.717) is 12.2 Å². The first-order valence-electron chi connectivity index (χ1n) is 17.8. The van der Waals surface area contributed by atoms with Crippen molar-refractivity contribution in [2.75, 3.05) is 13.2 Å². The van der Waals surface area contributed by atoms with Crippen molar-refractivity contribution < 1.29 is 48.0 Å². The maximum atomic E-state index is 13.7. The van der Waals surface area contributed by atoms with Crippen LogP contribution in [-0.4, -0.2) is 115 Å². The monoisotopic (exact) mass is 794 g/mol. The molecule has 55 heavy (non-hydrogen) atoms. The second-order valence-corrected chi connectivity index (χ2v) is 14.7. The number of phosphoric ester groups is 1. The third-order valence-corrected chi connectivity index (χ3v) is 9.03. The molecule has 13 N–H and O–H groups in total. The van der Waals surface area contributed by atoms with Crippen molar-refractivity contribution in [2.45, 2.75) is 102 Å². The van der Waals surface area contributed by atoms with Gasteiger partial charge in [0, 0.05) is 37.5 Å². The molecule has 21 heteroatoms. The van der Waals surface area contributed by atoms with E-state index < -0.39 is 80.3 Å². The highest BCUT2D eigenvalue weighted by molar-refractivity contribution is 7.46. The van der Waals surface area contributed by atoms with Crippen LogP contribution in [0.3, 0.4) is 0 Å². The topological polar surface area (TPSA) is 328 Å². The Kier molecular flexibility index (Phi) is 19.8. The van der Waals surface area contributed by atoms with Crippen LogP contribution in [0.5, 0.6) is 0 Å². The molecule has 20 nitrogen and oxygen atoms in total. The zero-order valence-corrected chi connectivity index (χ0v) is 32.1. The van der Waals surface area contributed by atoms with Crippen LogP contribution in [0.4, 0.5) is 0 Å². The maximum absolute atomic E-state index is 13.7. The Bertz CT molecular complexity index is 1580. The summed E-state index contributed by atoms with van der Waals surface area (Å²) in [6, 6.07) is 3.58. The van der Waals surface area contributed by atoms with Crippen LogP contribution in [0.1, 0.15) is 64.1 Å². The molecule has 0 bridgehead atoms. The van der Waals surface area contributed by atoms with E-state index in [9.17, 15) is 33.6 Å². The number of primary amides is 1. The van der Waals surface area contributed by atoms with Crippen molar-refractivity contribution in [3.63, 3.8) is 0 Å². The number of carbonyl (C=O) groups is 5. The lowest BCUT2D eigenvalue weighted by Gasteiger charge is -2.27. The number of phosphoric acid groups is 1. The number of carbonyl (C=O) groups excluding carboxylic acids is 5. The van der Waals surface area contributed by atoms with Gasteiger partial charge in [-0.15, -0.1) is 0 Å². The van der Waals surface area contributed by atoms with Gasteiger partial charge in [0.2, 0.25) is 29.5 Å². The number of hydrogen-bond donors (Lipinski definition) is 11. The number of nitrogens with two attached hydrogens (primary N) is 2. The van der Waals surface area contributed by atoms with Crippen LogP contribution in [0, 0.1) is 11.3 Å². The summed E-state index contributed by atoms with van der Waals surface area (Å²) in [6.45, 7) is 4.27. The molecule has 6 atom stereocenters. The first kappa shape index (κ1) is 46.6. The molecule has 5 amide bonds. The van der Waals surface area contributed by atoms with Gasteiger partial charge >= 0.3 is 7.82 Å². The number of aliphatic hydroxyl groups excluding tert-OH is 1. The smallest absolute Gasteiger partial charge is 0.394 e. The van der Waals surface area contributed by atoms with E-state index in [-0.39, 0.29) is 31.6 Å². The van der Waals surface area contributed by atoms with Crippen molar-refractivity contribution in [3.05, 3.63) is 54.1 Å². The quantitative estimate of drug-likeness (QED) is 0.0178. The molecular formula is C34H55N10O10P. The normalized spacial score (nSPS) is 14.9. The number of H-pyrrole nitrogens is 1. The fourth-order valence-electron chi connectivity index (χ4n) is 5.54. The standard InChI is InChI=1S/C34H55N10O10P/c1-21(2)15-26(40-29(46)13-12-25(17-35)44(37)14-8-7-11-23-9-5-4-6-10-23)32(48)41-27(16-24-18-38-20-39-24)33(49)42-28(19-45)34(50)43-30(31(36)47)22(3)54-55(51,52)53/h4-6,9-10,17-18,20-22,25-28,30,35,45H,7-8,11-16,19,37H2,1-3H3,(H2,36,47)(H,38,39)(H,40,46)(H,41,48)(H,42,49)(H,43,50)(H2,51,52,53). The molecule has 1 heterocycles. The Morgan fingerprint density at radius 3 is 2.18 bits per heavy atom. The van der Waals surface area contributed by atoms with Gasteiger partial charge in [-0.05, 0) is 50.5 Å². The summed E-state index contributed by atoms with van der Waals surface area (Å²) in [5.74, 6) is 1.66. The third-order valence-electron chi connectivity index (χ3n) is 8.42. The predicted octanol–water partition coefficient (Wildman–Crippen LogP) is -1.09. The van der Waals surface area contributed by atoms with Gasteiger partial charge in [-0.1, -0.05) is 44.2 Å². The van der Waals surface area contributed by atoms with Crippen LogP contribution >= 0.6 is 7.82 Å². The number of aromatic amines is 1. The van der Waals surface area contributed by atoms with Crippen molar-refractivity contribution in [1.82, 2.24) is 36.2 Å². The lowest BCUT2D eigenvalue weighted by molar-refractivity contribution is -0.135. The number of hydrogen-bond acceptors (Lipinski definition) is 12. The Balaban J connectivity index is 2.08. The van der Waals surface area contributed by atoms with Gasteiger partial charge in [0.15, 0.2) is 0 Å². The molecule has 2 rings (SSSR count). The highest BCUT2D eigenvalue weighted by Crippen LogP contribution is 2.38. The van der Waals surface area contributed by atoms with Crippen molar-refractivity contribution >= 4 is 43.6 Å². The van der Waals surface area contributed by atoms with Gasteiger partial charge in [-0.3, -0.25) is 34.3 Å². The second-order valence-electron chi connectivity index (χ2n) is 13.5. The Labute approximate surface area is 319 Å². The summed E-state index contributed by atoms with van der Waals surface area (Å²) in [5, 5.41) is 29.0. The van der Waals surface area contributed by atoms with Crippen LogP contribution < -0.4 is 32.8 Å². The van der Waals surface area contributed by atoms with E-state index in [1.54, 1.807) is 0 Å². The molecule has 6 unspecified atom stereocenters. The van der Waals surface area contributed by atoms with Crippen LogP contribution in [0.25, 0.3) is 0 Å². The number of nitrogens with zero attached hydrogens (tertiary/aromatic N) is 2. The van der Waals surface area contributed by atoms with E-state index in [4.69, 9.17) is 26.8 Å². The van der Waals surface area contributed by atoms with Gasteiger partial charge < -0.3 is 52.3 Å². The molecule has 2 aromatic rings. The minimum Gasteiger partial charge on any atom is -0.394 e. The van der Waals surface area contributed by atoms with Crippen LogP contribution in [0.2, 0.25) is 0 Å². The molecule has 0 spiro atoms. The van der Waals surface area contributed by atoms with E-state index in [0.717, 1.165) is 26.2 Å². The highest BCUT2D eigenvalue weighted by Gasteiger charge is 2.35. The van der Waals surface area contributed by atoms with E-state index in [1.165, 1.54) is 29.3 Å². The van der Waals surface area contributed by atoms with Gasteiger partial charge in [0.05, 0.1) is 25.1 Å². The summed E-state index contributed by atoms with van der Waals surface area (Å²) < 4.78 is 15.7. The number of hydrazine groups is 1. The Morgan fingerprint density at radius 2 is 1.62 bits per heavy atom. The van der Waals surface area contributed by atoms with Gasteiger partial charge in [0.25, 0.3) is 0 Å². The average molecular weight is 795 g/mol. The number of rotatable bonds is 26. The third kappa shape index (κ3) is 17.6. The minimum atomic E-state index is -5.09. The van der Waals surface area contributed by atoms with Gasteiger partial charge in [0.1, 0.15) is 24.2 Å². The molecule has 0 saturated heterocycles. The summed E-state index contributed by atoms with van der Waals surface area (Å²) in [6.07, 6.45) is 5.11. The molecule has 0 radical (unpaired) electrons. The summed E-state index contributed by atoms with van der Waals surface area (Å²) in [7, 11) is -5.09. The van der Waals surface area contributed by atoms with E-state index >= 15 is 0 Å². The molecular weight excluding hydrogens is 739 g/mol. The lowest BCUT2D eigenvalue weighted by Crippen LogP contribution is -2.60. The number of unbranched alkanes of at least 4 members (excludes halogenated alkanes) is 1. The molecule has 306 valence electrons. The molecule has 1 aromatic carbocycles. The van der Waals surface area contributed by atoms with E-state index in [1.807, 2.05) is 32.0 Å². The number of aryl methyl sites for hydroxylation is 1. The molecule has 0 saturated carbocycles. The van der Waals surface area contributed by atoms with Crippen LogP contribution in [0.15, 0.2) is 42.9 Å². The van der Waals surface area contributed by atoms with Crippen LogP contribution in [-0.2, 0) is 45.9 Å². The molecule has 0 fully saturated rings. The van der Waals surface area contributed by atoms with E-state index in [2.05, 4.69) is 47.9 Å². The first-order chi connectivity index (χ1) is 25.9. The Hall–Kier alpha value is -4.56. The number of aromatic nitrogens is 2. The van der Waals surface area contributed by atoms with Crippen molar-refractivity contribution in [3.8, 4) is 0 Å². The number of nitrogens with one attached hydrogen (secondary N) is 6. The van der Waals surface area contributed by atoms with Crippen molar-refractivity contribution in [2.24, 2.45) is 17.5 Å². The zero-order valence-electron chi connectivity index (χ0n) is 31.2. The van der Waals surface area contributed by atoms with Gasteiger partial charge in [-0.2, -0.15) is 0 Å². The summed E-state index contributed by atoms with van der Waals surface area (Å²) >= 11 is 0. The molecule has 0 aliphatic heterocycles. The number of amides is 5. The number of benzene rings is 1. The predicted molar refractivity (Wildman–Crippen MR) is 200 cm³/mol. The maximum Gasteiger partial charge on any atom is 0.469 e. The Morgan fingerprint density at radius 1 is 0.982 bits per heavy atom. The highest BCUT2D eigenvalue weighted by atomic mass is 31.2. The number of imidazole rings is 1. The summed E-state index contributed by atoms with van der Waals surface area (Å²) in [4.78, 5) is 90.1. The second kappa shape index (κ2) is 23.4. The largest absolute Gasteiger partial charge is 0.469 e. The minimum absolute atomic E-state index is 0.0465. The molecule has 0 aliphatic carbocycles. The molecule has 1 aromatic heterocycles. The average Bonchev–Trinajstić information content (AvgIpc) is 3.63.